The van der Waals surface area contributed by atoms with Crippen LogP contribution in [0, 0.1) is 17.1 Å². The van der Waals surface area contributed by atoms with Crippen LogP contribution in [-0.2, 0) is 22.7 Å². The lowest BCUT2D eigenvalue weighted by molar-refractivity contribution is 0.0636. The number of carbonyl (C=O) groups is 1. The molecule has 12 heteroatoms. The number of hydrogen-bond donors (Lipinski definition) is 1. The second-order valence-corrected chi connectivity index (χ2v) is 12.4. The largest absolute Gasteiger partial charge is 0.444 e. The van der Waals surface area contributed by atoms with Gasteiger partial charge in [-0.3, -0.25) is 5.32 Å². The van der Waals surface area contributed by atoms with Crippen molar-refractivity contribution in [1.29, 1.82) is 5.26 Å². The summed E-state index contributed by atoms with van der Waals surface area (Å²) in [4.78, 5) is 21.6. The highest BCUT2D eigenvalue weighted by Gasteiger charge is 2.30. The number of amides is 1. The minimum Gasteiger partial charge on any atom is -0.444 e. The van der Waals surface area contributed by atoms with E-state index in [1.807, 2.05) is 6.92 Å². The lowest BCUT2D eigenvalue weighted by Gasteiger charge is -2.19. The van der Waals surface area contributed by atoms with Crippen LogP contribution in [0.3, 0.4) is 0 Å². The van der Waals surface area contributed by atoms with Crippen molar-refractivity contribution in [2.75, 3.05) is 11.1 Å². The number of aromatic nitrogens is 2. The van der Waals surface area contributed by atoms with Crippen molar-refractivity contribution in [1.82, 2.24) is 9.97 Å². The first-order valence-electron chi connectivity index (χ1n) is 11.6. The van der Waals surface area contributed by atoms with E-state index in [1.54, 1.807) is 26.8 Å². The summed E-state index contributed by atoms with van der Waals surface area (Å²) in [6, 6.07) is 5.03. The van der Waals surface area contributed by atoms with Crippen LogP contribution in [0.25, 0.3) is 32.1 Å². The first kappa shape index (κ1) is 26.9. The van der Waals surface area contributed by atoms with E-state index >= 15 is 4.39 Å². The molecule has 196 valence electrons. The number of fused-ring (bicyclic) bond motifs is 4. The molecule has 1 aliphatic heterocycles. The average Bonchev–Trinajstić information content (AvgIpc) is 3.44. The van der Waals surface area contributed by atoms with Crippen molar-refractivity contribution < 1.29 is 18.7 Å². The van der Waals surface area contributed by atoms with Crippen molar-refractivity contribution >= 4 is 78.4 Å². The van der Waals surface area contributed by atoms with Crippen LogP contribution in [0.4, 0.5) is 14.2 Å². The predicted octanol–water partition coefficient (Wildman–Crippen LogP) is 8.32. The molecular weight excluding hydrogens is 570 g/mol. The van der Waals surface area contributed by atoms with Crippen LogP contribution in [0.15, 0.2) is 17.3 Å². The molecule has 0 unspecified atom stereocenters. The van der Waals surface area contributed by atoms with Crippen LogP contribution >= 0.6 is 46.3 Å². The zero-order valence-corrected chi connectivity index (χ0v) is 23.9. The van der Waals surface area contributed by atoms with E-state index in [0.29, 0.717) is 37.6 Å². The Morgan fingerprint density at radius 3 is 2.68 bits per heavy atom. The molecule has 0 aliphatic carbocycles. The van der Waals surface area contributed by atoms with Crippen LogP contribution in [0.1, 0.15) is 44.4 Å². The summed E-state index contributed by atoms with van der Waals surface area (Å²) in [5.41, 5.74) is 2.50. The van der Waals surface area contributed by atoms with Crippen LogP contribution in [-0.4, -0.2) is 27.4 Å². The van der Waals surface area contributed by atoms with Gasteiger partial charge in [-0.2, -0.15) is 5.26 Å². The van der Waals surface area contributed by atoms with Crippen LogP contribution < -0.4 is 5.32 Å². The van der Waals surface area contributed by atoms with Gasteiger partial charge in [-0.1, -0.05) is 48.0 Å². The Morgan fingerprint density at radius 1 is 1.26 bits per heavy atom. The lowest BCUT2D eigenvalue weighted by Crippen LogP contribution is -2.27. The SMILES string of the molecule is CCSc1nc(Cl)c2c3c(c(-c4ccc(F)c5sc(NC(=O)OC(C)(C)C)c(C#N)c45)c(Cl)c2n1)COC3. The molecule has 7 nitrogen and oxygen atoms in total. The van der Waals surface area contributed by atoms with Crippen molar-refractivity contribution in [3.8, 4) is 17.2 Å². The quantitative estimate of drug-likeness (QED) is 0.145. The van der Waals surface area contributed by atoms with Crippen molar-refractivity contribution in [2.45, 2.75) is 51.7 Å². The normalized spacial score (nSPS) is 13.1. The molecule has 0 bridgehead atoms. The van der Waals surface area contributed by atoms with E-state index in [-0.39, 0.29) is 33.6 Å². The van der Waals surface area contributed by atoms with E-state index in [1.165, 1.54) is 17.8 Å². The lowest BCUT2D eigenvalue weighted by atomic mass is 9.91. The molecule has 0 saturated heterocycles. The average molecular weight is 592 g/mol. The minimum atomic E-state index is -0.749. The number of nitrogens with zero attached hydrogens (tertiary/aromatic N) is 3. The van der Waals surface area contributed by atoms with E-state index in [0.717, 1.165) is 28.2 Å². The maximum absolute atomic E-state index is 15.1. The Morgan fingerprint density at radius 2 is 2.00 bits per heavy atom. The number of nitriles is 1. The predicted molar refractivity (Wildman–Crippen MR) is 150 cm³/mol. The second kappa shape index (κ2) is 10.1. The maximum atomic E-state index is 15.1. The highest BCUT2D eigenvalue weighted by atomic mass is 35.5. The maximum Gasteiger partial charge on any atom is 0.412 e. The second-order valence-electron chi connectivity index (χ2n) is 9.44. The smallest absolute Gasteiger partial charge is 0.412 e. The van der Waals surface area contributed by atoms with Crippen molar-refractivity contribution in [2.24, 2.45) is 0 Å². The number of hydrogen-bond acceptors (Lipinski definition) is 8. The van der Waals surface area contributed by atoms with Crippen LogP contribution in [0.2, 0.25) is 10.2 Å². The van der Waals surface area contributed by atoms with Gasteiger partial charge in [-0.25, -0.2) is 19.2 Å². The van der Waals surface area contributed by atoms with Gasteiger partial charge in [-0.15, -0.1) is 11.3 Å². The Labute approximate surface area is 236 Å². The minimum absolute atomic E-state index is 0.108. The van der Waals surface area contributed by atoms with Crippen molar-refractivity contribution in [3.63, 3.8) is 0 Å². The van der Waals surface area contributed by atoms with E-state index in [2.05, 4.69) is 21.4 Å². The molecule has 0 radical (unpaired) electrons. The third kappa shape index (κ3) is 4.67. The Balaban J connectivity index is 1.79. The topological polar surface area (TPSA) is 97.1 Å². The molecule has 2 aromatic carbocycles. The van der Waals surface area contributed by atoms with E-state index in [4.69, 9.17) is 32.7 Å². The summed E-state index contributed by atoms with van der Waals surface area (Å²) in [5.74, 6) is 0.214. The van der Waals surface area contributed by atoms with Gasteiger partial charge in [0.05, 0.1) is 34.0 Å². The Hall–Kier alpha value is -2.68. The number of rotatable bonds is 4. The molecule has 2 aromatic heterocycles. The molecule has 0 atom stereocenters. The highest BCUT2D eigenvalue weighted by molar-refractivity contribution is 7.99. The summed E-state index contributed by atoms with van der Waals surface area (Å²) >= 11 is 16.0. The van der Waals surface area contributed by atoms with Gasteiger partial charge in [0.15, 0.2) is 5.16 Å². The number of carbonyl (C=O) groups excluding carboxylic acids is 1. The number of ether oxygens (including phenoxy) is 2. The van der Waals surface area contributed by atoms with Gasteiger partial charge in [-0.05, 0) is 49.3 Å². The third-order valence-corrected chi connectivity index (χ3v) is 8.28. The standard InChI is InChI=1S/C26H21Cl2FN4O3S2/c1-5-37-24-31-20-18(22(28)32-24)14-10-35-9-13(14)16(19(20)27)11-6-7-15(29)21-17(11)12(8-30)23(38-21)33-25(34)36-26(2,3)4/h6-7H,5,9-10H2,1-4H3,(H,33,34). The fourth-order valence-corrected chi connectivity index (χ4v) is 6.74. The zero-order valence-electron chi connectivity index (χ0n) is 20.8. The third-order valence-electron chi connectivity index (χ3n) is 5.79. The summed E-state index contributed by atoms with van der Waals surface area (Å²) in [6.07, 6.45) is -0.743. The molecular formula is C26H21Cl2FN4O3S2. The first-order chi connectivity index (χ1) is 18.0. The molecule has 3 heterocycles. The number of anilines is 1. The molecule has 5 rings (SSSR count). The number of halogens is 3. The van der Waals surface area contributed by atoms with Gasteiger partial charge >= 0.3 is 6.09 Å². The molecule has 1 amide bonds. The van der Waals surface area contributed by atoms with Gasteiger partial charge in [0.2, 0.25) is 0 Å². The molecule has 0 fully saturated rings. The monoisotopic (exact) mass is 590 g/mol. The van der Waals surface area contributed by atoms with Gasteiger partial charge in [0, 0.05) is 16.3 Å². The molecule has 0 saturated carbocycles. The molecule has 4 aromatic rings. The van der Waals surface area contributed by atoms with E-state index < -0.39 is 17.5 Å². The van der Waals surface area contributed by atoms with Gasteiger partial charge in [0.1, 0.15) is 27.6 Å². The number of thioether (sulfide) groups is 1. The summed E-state index contributed by atoms with van der Waals surface area (Å²) in [5, 5.41) is 14.9. The molecule has 0 spiro atoms. The van der Waals surface area contributed by atoms with Crippen LogP contribution in [0.5, 0.6) is 0 Å². The fraction of sp³-hybridized carbons (Fsp3) is 0.308. The first-order valence-corrected chi connectivity index (χ1v) is 14.2. The van der Waals surface area contributed by atoms with Crippen molar-refractivity contribution in [3.05, 3.63) is 44.8 Å². The summed E-state index contributed by atoms with van der Waals surface area (Å²) in [7, 11) is 0. The van der Waals surface area contributed by atoms with Gasteiger partial charge < -0.3 is 9.47 Å². The Bertz CT molecular complexity index is 1680. The number of benzene rings is 2. The van der Waals surface area contributed by atoms with Gasteiger partial charge in [0.25, 0.3) is 0 Å². The number of thiophene rings is 1. The number of nitrogens with one attached hydrogen (secondary N) is 1. The molecule has 1 N–H and O–H groups in total. The molecule has 38 heavy (non-hydrogen) atoms. The zero-order chi connectivity index (χ0) is 27.4. The highest BCUT2D eigenvalue weighted by Crippen LogP contribution is 2.49. The fourth-order valence-electron chi connectivity index (χ4n) is 4.41. The summed E-state index contributed by atoms with van der Waals surface area (Å²) < 4.78 is 26.4. The Kier molecular flexibility index (Phi) is 7.18. The van der Waals surface area contributed by atoms with E-state index in [9.17, 15) is 10.1 Å². The molecule has 1 aliphatic rings. The summed E-state index contributed by atoms with van der Waals surface area (Å²) in [6.45, 7) is 7.69.